The number of amides is 1. The van der Waals surface area contributed by atoms with Crippen molar-refractivity contribution in [1.29, 1.82) is 0 Å². The third kappa shape index (κ3) is 3.89. The van der Waals surface area contributed by atoms with Crippen molar-refractivity contribution in [3.05, 3.63) is 75.3 Å². The summed E-state index contributed by atoms with van der Waals surface area (Å²) in [5.41, 5.74) is 3.01. The Morgan fingerprint density at radius 2 is 1.53 bits per heavy atom. The van der Waals surface area contributed by atoms with E-state index in [1.54, 1.807) is 30.5 Å². The molecule has 0 fully saturated rings. The molecule has 0 spiro atoms. The zero-order valence-electron chi connectivity index (χ0n) is 17.7. The fourth-order valence-electron chi connectivity index (χ4n) is 3.71. The quantitative estimate of drug-likeness (QED) is 0.467. The van der Waals surface area contributed by atoms with Gasteiger partial charge in [-0.25, -0.2) is 4.79 Å². The molecule has 2 aromatic heterocycles. The van der Waals surface area contributed by atoms with Crippen molar-refractivity contribution in [1.82, 2.24) is 24.7 Å². The van der Waals surface area contributed by atoms with Crippen LogP contribution < -0.4 is 11.0 Å². The minimum Gasteiger partial charge on any atom is -0.357 e. The van der Waals surface area contributed by atoms with E-state index >= 15 is 0 Å². The molecule has 9 heteroatoms. The van der Waals surface area contributed by atoms with Crippen LogP contribution in [-0.2, 0) is 4.79 Å². The van der Waals surface area contributed by atoms with Crippen LogP contribution in [0.2, 0.25) is 10.0 Å². The lowest BCUT2D eigenvalue weighted by Crippen LogP contribution is -2.39. The van der Waals surface area contributed by atoms with E-state index in [1.165, 1.54) is 16.2 Å². The van der Waals surface area contributed by atoms with Gasteiger partial charge in [0.05, 0.1) is 6.20 Å². The van der Waals surface area contributed by atoms with Crippen LogP contribution in [0.1, 0.15) is 19.9 Å². The second-order valence-electron chi connectivity index (χ2n) is 7.71. The molecule has 1 atom stereocenters. The summed E-state index contributed by atoms with van der Waals surface area (Å²) in [6, 6.07) is 13.8. The van der Waals surface area contributed by atoms with Crippen molar-refractivity contribution < 1.29 is 4.79 Å². The van der Waals surface area contributed by atoms with E-state index in [0.717, 1.165) is 16.7 Å². The third-order valence-electron chi connectivity index (χ3n) is 5.27. The summed E-state index contributed by atoms with van der Waals surface area (Å²) in [6.45, 7) is 3.73. The van der Waals surface area contributed by atoms with Crippen molar-refractivity contribution >= 4 is 34.8 Å². The Kier molecular flexibility index (Phi) is 6.04. The molecule has 4 rings (SSSR count). The number of likely N-dealkylation sites (N-methyl/N-ethyl adjacent to an activating group) is 1. The van der Waals surface area contributed by atoms with E-state index in [0.29, 0.717) is 21.3 Å². The highest BCUT2D eigenvalue weighted by Crippen LogP contribution is 2.35. The number of halogens is 2. The summed E-state index contributed by atoms with van der Waals surface area (Å²) in [5, 5.41) is 12.8. The van der Waals surface area contributed by atoms with Crippen LogP contribution in [0, 0.1) is 5.92 Å². The Morgan fingerprint density at radius 1 is 0.969 bits per heavy atom. The Hall–Kier alpha value is -3.16. The number of aromatic nitrogens is 4. The van der Waals surface area contributed by atoms with Crippen LogP contribution in [0.5, 0.6) is 0 Å². The highest BCUT2D eigenvalue weighted by Gasteiger charge is 2.29. The Balaban J connectivity index is 2.05. The van der Waals surface area contributed by atoms with Gasteiger partial charge in [0.1, 0.15) is 6.04 Å². The fraction of sp³-hybridized carbons (Fsp3) is 0.217. The predicted molar refractivity (Wildman–Crippen MR) is 126 cm³/mol. The molecule has 2 aromatic carbocycles. The highest BCUT2D eigenvalue weighted by molar-refractivity contribution is 6.31. The smallest absolute Gasteiger partial charge is 0.357 e. The first-order valence-corrected chi connectivity index (χ1v) is 10.8. The molecule has 0 aliphatic heterocycles. The summed E-state index contributed by atoms with van der Waals surface area (Å²) in [7, 11) is 1.54. The Bertz CT molecular complexity index is 1340. The first-order chi connectivity index (χ1) is 15.3. The molecule has 0 aliphatic rings. The normalized spacial score (nSPS) is 12.3. The second-order valence-corrected chi connectivity index (χ2v) is 8.59. The maximum atomic E-state index is 13.2. The van der Waals surface area contributed by atoms with E-state index in [2.05, 4.69) is 15.5 Å². The van der Waals surface area contributed by atoms with Gasteiger partial charge in [-0.05, 0) is 41.3 Å². The Labute approximate surface area is 194 Å². The Morgan fingerprint density at radius 3 is 2.06 bits per heavy atom. The maximum Gasteiger partial charge on any atom is 0.367 e. The number of hydrogen-bond acceptors (Lipinski definition) is 4. The average molecular weight is 470 g/mol. The van der Waals surface area contributed by atoms with E-state index in [1.807, 2.05) is 38.1 Å². The molecule has 0 aliphatic carbocycles. The standard InChI is InChI=1S/C23H21Cl2N5O2/c1-13(2)20(22(31)26-3)29-23(32)30-21(28-29)19(15-6-10-17(25)11-7-15)18(12-27-30)14-4-8-16(24)9-5-14/h4-13,20H,1-3H3,(H,26,31). The van der Waals surface area contributed by atoms with E-state index in [-0.39, 0.29) is 11.8 Å². The second kappa shape index (κ2) is 8.76. The minimum absolute atomic E-state index is 0.160. The number of carbonyl (C=O) groups excluding carboxylic acids is 1. The SMILES string of the molecule is CNC(=O)C(C(C)C)n1nc2c(-c3ccc(Cl)cc3)c(-c3ccc(Cl)cc3)cnn2c1=O. The van der Waals surface area contributed by atoms with Crippen molar-refractivity contribution in [3.63, 3.8) is 0 Å². The number of rotatable bonds is 5. The van der Waals surface area contributed by atoms with Crippen molar-refractivity contribution in [3.8, 4) is 22.3 Å². The molecule has 0 saturated heterocycles. The molecule has 0 bridgehead atoms. The van der Waals surface area contributed by atoms with Gasteiger partial charge in [-0.15, -0.1) is 5.10 Å². The molecular weight excluding hydrogens is 449 g/mol. The van der Waals surface area contributed by atoms with Crippen molar-refractivity contribution in [2.45, 2.75) is 19.9 Å². The molecule has 32 heavy (non-hydrogen) atoms. The molecule has 0 radical (unpaired) electrons. The lowest BCUT2D eigenvalue weighted by atomic mass is 9.97. The van der Waals surface area contributed by atoms with Crippen LogP contribution >= 0.6 is 23.2 Å². The molecule has 1 N–H and O–H groups in total. The van der Waals surface area contributed by atoms with E-state index in [9.17, 15) is 9.59 Å². The predicted octanol–water partition coefficient (Wildman–Crippen LogP) is 4.47. The first-order valence-electron chi connectivity index (χ1n) is 10.1. The van der Waals surface area contributed by atoms with Crippen LogP contribution in [0.3, 0.4) is 0 Å². The average Bonchev–Trinajstić information content (AvgIpc) is 3.10. The summed E-state index contributed by atoms with van der Waals surface area (Å²) < 4.78 is 2.43. The lowest BCUT2D eigenvalue weighted by molar-refractivity contribution is -0.125. The van der Waals surface area contributed by atoms with Crippen molar-refractivity contribution in [2.75, 3.05) is 7.05 Å². The van der Waals surface area contributed by atoms with E-state index in [4.69, 9.17) is 23.2 Å². The number of nitrogens with zero attached hydrogens (tertiary/aromatic N) is 4. The van der Waals surface area contributed by atoms with E-state index < -0.39 is 11.7 Å². The van der Waals surface area contributed by atoms with Crippen LogP contribution in [0.4, 0.5) is 0 Å². The largest absolute Gasteiger partial charge is 0.367 e. The molecule has 1 amide bonds. The minimum atomic E-state index is -0.772. The van der Waals surface area contributed by atoms with Crippen molar-refractivity contribution in [2.24, 2.45) is 5.92 Å². The van der Waals surface area contributed by atoms with Gasteiger partial charge in [0.2, 0.25) is 5.91 Å². The number of carbonyl (C=O) groups is 1. The lowest BCUT2D eigenvalue weighted by Gasteiger charge is -2.17. The van der Waals surface area contributed by atoms with Crippen LogP contribution in [0.15, 0.2) is 59.5 Å². The summed E-state index contributed by atoms with van der Waals surface area (Å²) in [4.78, 5) is 25.7. The topological polar surface area (TPSA) is 81.3 Å². The molecule has 164 valence electrons. The summed E-state index contributed by atoms with van der Waals surface area (Å²) >= 11 is 12.2. The maximum absolute atomic E-state index is 13.2. The van der Waals surface area contributed by atoms with Gasteiger partial charge < -0.3 is 5.32 Å². The van der Waals surface area contributed by atoms with Gasteiger partial charge in [-0.2, -0.15) is 14.3 Å². The summed E-state index contributed by atoms with van der Waals surface area (Å²) in [6.07, 6.45) is 1.62. The molecule has 4 aromatic rings. The first kappa shape index (κ1) is 22.0. The van der Waals surface area contributed by atoms with Gasteiger partial charge in [0.15, 0.2) is 5.65 Å². The zero-order valence-corrected chi connectivity index (χ0v) is 19.2. The third-order valence-corrected chi connectivity index (χ3v) is 5.78. The van der Waals surface area contributed by atoms with Crippen LogP contribution in [0.25, 0.3) is 27.9 Å². The van der Waals surface area contributed by atoms with Gasteiger partial charge in [0, 0.05) is 28.2 Å². The van der Waals surface area contributed by atoms with Gasteiger partial charge >= 0.3 is 5.69 Å². The number of nitrogens with one attached hydrogen (secondary N) is 1. The fourth-order valence-corrected chi connectivity index (χ4v) is 3.96. The molecule has 2 heterocycles. The van der Waals surface area contributed by atoms with Gasteiger partial charge in [0.25, 0.3) is 0 Å². The number of benzene rings is 2. The van der Waals surface area contributed by atoms with Gasteiger partial charge in [-0.3, -0.25) is 4.79 Å². The molecule has 7 nitrogen and oxygen atoms in total. The highest BCUT2D eigenvalue weighted by atomic mass is 35.5. The van der Waals surface area contributed by atoms with Crippen LogP contribution in [-0.4, -0.2) is 32.3 Å². The number of fused-ring (bicyclic) bond motifs is 1. The van der Waals surface area contributed by atoms with Gasteiger partial charge in [-0.1, -0.05) is 61.3 Å². The molecule has 0 saturated carbocycles. The monoisotopic (exact) mass is 469 g/mol. The number of hydrogen-bond donors (Lipinski definition) is 1. The summed E-state index contributed by atoms with van der Waals surface area (Å²) in [5.74, 6) is -0.455. The molecular formula is C23H21Cl2N5O2. The molecule has 1 unspecified atom stereocenters. The zero-order chi connectivity index (χ0) is 23.0.